The van der Waals surface area contributed by atoms with Crippen molar-refractivity contribution in [2.45, 2.75) is 45.8 Å². The lowest BCUT2D eigenvalue weighted by Gasteiger charge is -2.21. The summed E-state index contributed by atoms with van der Waals surface area (Å²) in [5.41, 5.74) is 2.54. The highest BCUT2D eigenvalue weighted by atomic mass is 16.3. The molecule has 0 aromatic heterocycles. The number of nitrogens with one attached hydrogen (secondary N) is 1. The van der Waals surface area contributed by atoms with Crippen molar-refractivity contribution in [3.8, 4) is 0 Å². The molecule has 114 valence electrons. The lowest BCUT2D eigenvalue weighted by Crippen LogP contribution is -2.27. The molecule has 0 heterocycles. The SMILES string of the molecule is CCC(NCCC(O)C(C)C)c1ccc(N(C)C)cc1. The van der Waals surface area contributed by atoms with Gasteiger partial charge in [-0.3, -0.25) is 0 Å². The molecule has 0 aliphatic carbocycles. The summed E-state index contributed by atoms with van der Waals surface area (Å²) in [6.07, 6.45) is 1.65. The number of aliphatic hydroxyl groups excluding tert-OH is 1. The zero-order chi connectivity index (χ0) is 15.1. The van der Waals surface area contributed by atoms with Gasteiger partial charge in [0.25, 0.3) is 0 Å². The molecule has 3 heteroatoms. The molecular formula is C17H30N2O. The molecule has 0 aliphatic rings. The van der Waals surface area contributed by atoms with Gasteiger partial charge in [-0.25, -0.2) is 0 Å². The quantitative estimate of drug-likeness (QED) is 0.766. The number of hydrogen-bond donors (Lipinski definition) is 2. The molecule has 1 aromatic rings. The predicted molar refractivity (Wildman–Crippen MR) is 87.3 cm³/mol. The highest BCUT2D eigenvalue weighted by Gasteiger charge is 2.12. The lowest BCUT2D eigenvalue weighted by atomic mass is 10.0. The number of aliphatic hydroxyl groups is 1. The number of anilines is 1. The van der Waals surface area contributed by atoms with Gasteiger partial charge in [0.1, 0.15) is 0 Å². The highest BCUT2D eigenvalue weighted by molar-refractivity contribution is 5.46. The Bertz CT molecular complexity index is 373. The third-order valence-electron chi connectivity index (χ3n) is 3.82. The van der Waals surface area contributed by atoms with Crippen molar-refractivity contribution < 1.29 is 5.11 Å². The Kier molecular flexibility index (Phi) is 7.03. The summed E-state index contributed by atoms with van der Waals surface area (Å²) < 4.78 is 0. The van der Waals surface area contributed by atoms with Crippen LogP contribution in [-0.4, -0.2) is 31.9 Å². The van der Waals surface area contributed by atoms with Gasteiger partial charge in [-0.05, 0) is 43.0 Å². The topological polar surface area (TPSA) is 35.5 Å². The van der Waals surface area contributed by atoms with Crippen molar-refractivity contribution >= 4 is 5.69 Å². The Labute approximate surface area is 124 Å². The standard InChI is InChI=1S/C17H30N2O/c1-6-16(18-12-11-17(20)13(2)3)14-7-9-15(10-8-14)19(4)5/h7-10,13,16-18,20H,6,11-12H2,1-5H3. The first-order valence-corrected chi connectivity index (χ1v) is 7.64. The van der Waals surface area contributed by atoms with Crippen molar-refractivity contribution in [2.24, 2.45) is 5.92 Å². The average Bonchev–Trinajstić information content (AvgIpc) is 2.43. The van der Waals surface area contributed by atoms with E-state index in [0.717, 1.165) is 19.4 Å². The summed E-state index contributed by atoms with van der Waals surface area (Å²) in [5.74, 6) is 0.330. The Morgan fingerprint density at radius 1 is 1.15 bits per heavy atom. The van der Waals surface area contributed by atoms with E-state index in [9.17, 15) is 5.11 Å². The number of benzene rings is 1. The molecule has 0 fully saturated rings. The van der Waals surface area contributed by atoms with E-state index in [1.54, 1.807) is 0 Å². The summed E-state index contributed by atoms with van der Waals surface area (Å²) in [7, 11) is 4.11. The molecule has 0 saturated heterocycles. The van der Waals surface area contributed by atoms with Gasteiger partial charge in [0.15, 0.2) is 0 Å². The molecule has 0 amide bonds. The zero-order valence-electron chi connectivity index (χ0n) is 13.6. The Morgan fingerprint density at radius 2 is 1.75 bits per heavy atom. The van der Waals surface area contributed by atoms with Crippen molar-refractivity contribution in [1.82, 2.24) is 5.32 Å². The van der Waals surface area contributed by atoms with Crippen LogP contribution >= 0.6 is 0 Å². The van der Waals surface area contributed by atoms with Crippen molar-refractivity contribution in [3.63, 3.8) is 0 Å². The van der Waals surface area contributed by atoms with Gasteiger partial charge in [-0.2, -0.15) is 0 Å². The first-order chi connectivity index (χ1) is 9.45. The largest absolute Gasteiger partial charge is 0.393 e. The lowest BCUT2D eigenvalue weighted by molar-refractivity contribution is 0.115. The zero-order valence-corrected chi connectivity index (χ0v) is 13.6. The predicted octanol–water partition coefficient (Wildman–Crippen LogP) is 3.20. The van der Waals surface area contributed by atoms with Gasteiger partial charge >= 0.3 is 0 Å². The molecule has 1 aromatic carbocycles. The molecule has 2 atom stereocenters. The van der Waals surface area contributed by atoms with E-state index in [-0.39, 0.29) is 6.10 Å². The number of rotatable bonds is 8. The maximum Gasteiger partial charge on any atom is 0.0575 e. The van der Waals surface area contributed by atoms with Crippen molar-refractivity contribution in [1.29, 1.82) is 0 Å². The summed E-state index contributed by atoms with van der Waals surface area (Å²) in [5, 5.41) is 13.4. The maximum atomic E-state index is 9.83. The van der Waals surface area contributed by atoms with Crippen LogP contribution in [0.3, 0.4) is 0 Å². The molecule has 0 spiro atoms. The van der Waals surface area contributed by atoms with E-state index >= 15 is 0 Å². The highest BCUT2D eigenvalue weighted by Crippen LogP contribution is 2.20. The third-order valence-corrected chi connectivity index (χ3v) is 3.82. The summed E-state index contributed by atoms with van der Waals surface area (Å²) in [6.45, 7) is 7.16. The average molecular weight is 278 g/mol. The normalized spacial score (nSPS) is 14.3. The van der Waals surface area contributed by atoms with E-state index in [0.29, 0.717) is 12.0 Å². The van der Waals surface area contributed by atoms with Gasteiger partial charge < -0.3 is 15.3 Å². The van der Waals surface area contributed by atoms with Crippen LogP contribution in [-0.2, 0) is 0 Å². The van der Waals surface area contributed by atoms with Gasteiger partial charge in [0, 0.05) is 25.8 Å². The van der Waals surface area contributed by atoms with Gasteiger partial charge in [-0.1, -0.05) is 32.9 Å². The van der Waals surface area contributed by atoms with Crippen molar-refractivity contribution in [3.05, 3.63) is 29.8 Å². The smallest absolute Gasteiger partial charge is 0.0575 e. The summed E-state index contributed by atoms with van der Waals surface area (Å²) >= 11 is 0. The second-order valence-corrected chi connectivity index (χ2v) is 6.00. The molecule has 20 heavy (non-hydrogen) atoms. The molecule has 0 bridgehead atoms. The minimum atomic E-state index is -0.212. The minimum Gasteiger partial charge on any atom is -0.393 e. The fourth-order valence-corrected chi connectivity index (χ4v) is 2.24. The van der Waals surface area contributed by atoms with E-state index in [4.69, 9.17) is 0 Å². The molecule has 3 nitrogen and oxygen atoms in total. The van der Waals surface area contributed by atoms with Gasteiger partial charge in [0.2, 0.25) is 0 Å². The maximum absolute atomic E-state index is 9.83. The van der Waals surface area contributed by atoms with Crippen LogP contribution in [0.5, 0.6) is 0 Å². The molecule has 2 N–H and O–H groups in total. The van der Waals surface area contributed by atoms with Crippen LogP contribution in [0.2, 0.25) is 0 Å². The molecule has 2 unspecified atom stereocenters. The first kappa shape index (κ1) is 17.0. The van der Waals surface area contributed by atoms with E-state index in [2.05, 4.69) is 69.3 Å². The van der Waals surface area contributed by atoms with Gasteiger partial charge in [-0.15, -0.1) is 0 Å². The van der Waals surface area contributed by atoms with Crippen LogP contribution in [0, 0.1) is 5.92 Å². The summed E-state index contributed by atoms with van der Waals surface area (Å²) in [6, 6.07) is 9.06. The van der Waals surface area contributed by atoms with Crippen LogP contribution < -0.4 is 10.2 Å². The van der Waals surface area contributed by atoms with E-state index < -0.39 is 0 Å². The number of nitrogens with zero attached hydrogens (tertiary/aromatic N) is 1. The third kappa shape index (κ3) is 5.14. The van der Waals surface area contributed by atoms with E-state index in [1.807, 2.05) is 0 Å². The second kappa shape index (κ2) is 8.28. The Morgan fingerprint density at radius 3 is 2.20 bits per heavy atom. The van der Waals surface area contributed by atoms with Crippen LogP contribution in [0.1, 0.15) is 45.2 Å². The number of hydrogen-bond acceptors (Lipinski definition) is 3. The van der Waals surface area contributed by atoms with Crippen LogP contribution in [0.15, 0.2) is 24.3 Å². The molecule has 0 saturated carbocycles. The first-order valence-electron chi connectivity index (χ1n) is 7.64. The van der Waals surface area contributed by atoms with Crippen LogP contribution in [0.4, 0.5) is 5.69 Å². The molecular weight excluding hydrogens is 248 g/mol. The van der Waals surface area contributed by atoms with E-state index in [1.165, 1.54) is 11.3 Å². The monoisotopic (exact) mass is 278 g/mol. The van der Waals surface area contributed by atoms with Gasteiger partial charge in [0.05, 0.1) is 6.10 Å². The molecule has 0 aliphatic heterocycles. The minimum absolute atomic E-state index is 0.212. The molecule has 1 rings (SSSR count). The van der Waals surface area contributed by atoms with Crippen LogP contribution in [0.25, 0.3) is 0 Å². The van der Waals surface area contributed by atoms with Crippen molar-refractivity contribution in [2.75, 3.05) is 25.5 Å². The summed E-state index contributed by atoms with van der Waals surface area (Å²) in [4.78, 5) is 2.11. The Hall–Kier alpha value is -1.06. The fraction of sp³-hybridized carbons (Fsp3) is 0.647. The molecule has 0 radical (unpaired) electrons. The fourth-order valence-electron chi connectivity index (χ4n) is 2.24. The Balaban J connectivity index is 2.53. The second-order valence-electron chi connectivity index (χ2n) is 6.00.